The SMILES string of the molecule is COc1cc(Cl)ccc1C1CCNC(=O)c2sc(N3CCOCC3)cc21. The predicted octanol–water partition coefficient (Wildman–Crippen LogP) is 3.51. The van der Waals surface area contributed by atoms with E-state index in [0.717, 1.165) is 59.5 Å². The number of fused-ring (bicyclic) bond motifs is 1. The summed E-state index contributed by atoms with van der Waals surface area (Å²) in [6, 6.07) is 7.91. The van der Waals surface area contributed by atoms with E-state index >= 15 is 0 Å². The molecule has 0 spiro atoms. The third-order valence-corrected chi connectivity index (χ3v) is 6.39. The second kappa shape index (κ2) is 7.47. The molecule has 2 aliphatic rings. The molecule has 0 aliphatic carbocycles. The van der Waals surface area contributed by atoms with Crippen LogP contribution in [0.1, 0.15) is 33.1 Å². The molecule has 138 valence electrons. The number of nitrogens with zero attached hydrogens (tertiary/aromatic N) is 1. The zero-order valence-electron chi connectivity index (χ0n) is 14.6. The summed E-state index contributed by atoms with van der Waals surface area (Å²) in [6.45, 7) is 3.81. The number of hydrogen-bond acceptors (Lipinski definition) is 5. The summed E-state index contributed by atoms with van der Waals surface area (Å²) in [6.07, 6.45) is 0.829. The molecule has 0 radical (unpaired) electrons. The number of halogens is 1. The summed E-state index contributed by atoms with van der Waals surface area (Å²) in [4.78, 5) is 15.7. The lowest BCUT2D eigenvalue weighted by Crippen LogP contribution is -2.35. The van der Waals surface area contributed by atoms with Crippen molar-refractivity contribution in [2.45, 2.75) is 12.3 Å². The number of anilines is 1. The van der Waals surface area contributed by atoms with E-state index in [1.165, 1.54) is 0 Å². The summed E-state index contributed by atoms with van der Waals surface area (Å²) in [5, 5.41) is 4.81. The van der Waals surface area contributed by atoms with Gasteiger partial charge in [0.25, 0.3) is 5.91 Å². The molecule has 1 aromatic carbocycles. The maximum atomic E-state index is 12.6. The molecule has 1 amide bonds. The molecule has 2 aliphatic heterocycles. The molecule has 7 heteroatoms. The fourth-order valence-corrected chi connectivity index (χ4v) is 4.98. The molecule has 4 rings (SSSR count). The van der Waals surface area contributed by atoms with Crippen LogP contribution in [-0.4, -0.2) is 45.9 Å². The molecule has 0 saturated carbocycles. The van der Waals surface area contributed by atoms with Gasteiger partial charge in [-0.15, -0.1) is 11.3 Å². The molecule has 26 heavy (non-hydrogen) atoms. The minimum absolute atomic E-state index is 0.0138. The van der Waals surface area contributed by atoms with Gasteiger partial charge in [-0.3, -0.25) is 4.79 Å². The first-order valence-electron chi connectivity index (χ1n) is 8.75. The Kier molecular flexibility index (Phi) is 5.07. The zero-order chi connectivity index (χ0) is 18.1. The molecule has 0 bridgehead atoms. The van der Waals surface area contributed by atoms with E-state index in [2.05, 4.69) is 16.3 Å². The van der Waals surface area contributed by atoms with E-state index in [4.69, 9.17) is 21.1 Å². The number of methoxy groups -OCH3 is 1. The van der Waals surface area contributed by atoms with Crippen molar-refractivity contribution in [2.75, 3.05) is 44.9 Å². The number of benzene rings is 1. The maximum absolute atomic E-state index is 12.6. The van der Waals surface area contributed by atoms with Crippen LogP contribution in [0.2, 0.25) is 5.02 Å². The molecular formula is C19H21ClN2O3S. The third-order valence-electron chi connectivity index (χ3n) is 4.94. The van der Waals surface area contributed by atoms with Crippen molar-refractivity contribution in [2.24, 2.45) is 0 Å². The molecule has 2 aromatic rings. The van der Waals surface area contributed by atoms with Gasteiger partial charge in [0.2, 0.25) is 0 Å². The van der Waals surface area contributed by atoms with Gasteiger partial charge in [-0.25, -0.2) is 0 Å². The topological polar surface area (TPSA) is 50.8 Å². The van der Waals surface area contributed by atoms with Crippen LogP contribution in [0.25, 0.3) is 0 Å². The van der Waals surface area contributed by atoms with Crippen molar-refractivity contribution in [3.05, 3.63) is 45.3 Å². The van der Waals surface area contributed by atoms with E-state index in [0.29, 0.717) is 11.6 Å². The Morgan fingerprint density at radius 2 is 2.08 bits per heavy atom. The highest BCUT2D eigenvalue weighted by molar-refractivity contribution is 7.18. The average Bonchev–Trinajstić information content (AvgIpc) is 3.05. The van der Waals surface area contributed by atoms with Crippen LogP contribution in [0.15, 0.2) is 24.3 Å². The standard InChI is InChI=1S/C19H21ClN2O3S/c1-24-16-10-12(20)2-3-14(16)13-4-5-21-19(23)18-15(13)11-17(26-18)22-6-8-25-9-7-22/h2-3,10-11,13H,4-9H2,1H3,(H,21,23). The number of ether oxygens (including phenoxy) is 2. The molecule has 1 aromatic heterocycles. The van der Waals surface area contributed by atoms with E-state index < -0.39 is 0 Å². The van der Waals surface area contributed by atoms with Crippen molar-refractivity contribution in [3.63, 3.8) is 0 Å². The molecular weight excluding hydrogens is 372 g/mol. The van der Waals surface area contributed by atoms with Crippen molar-refractivity contribution < 1.29 is 14.3 Å². The summed E-state index contributed by atoms with van der Waals surface area (Å²) in [5.74, 6) is 0.879. The Balaban J connectivity index is 1.77. The number of amides is 1. The van der Waals surface area contributed by atoms with Crippen molar-refractivity contribution in [3.8, 4) is 5.75 Å². The monoisotopic (exact) mass is 392 g/mol. The summed E-state index contributed by atoms with van der Waals surface area (Å²) >= 11 is 7.70. The highest BCUT2D eigenvalue weighted by Gasteiger charge is 2.30. The molecule has 1 unspecified atom stereocenters. The number of morpholine rings is 1. The van der Waals surface area contributed by atoms with Crippen molar-refractivity contribution in [1.82, 2.24) is 5.32 Å². The Hall–Kier alpha value is -1.76. The highest BCUT2D eigenvalue weighted by Crippen LogP contribution is 2.43. The van der Waals surface area contributed by atoms with Crippen LogP contribution in [0.4, 0.5) is 5.00 Å². The lowest BCUT2D eigenvalue weighted by atomic mass is 9.88. The smallest absolute Gasteiger partial charge is 0.261 e. The average molecular weight is 393 g/mol. The maximum Gasteiger partial charge on any atom is 0.261 e. The molecule has 5 nitrogen and oxygen atoms in total. The quantitative estimate of drug-likeness (QED) is 0.868. The Labute approximate surface area is 161 Å². The minimum atomic E-state index is 0.0138. The van der Waals surface area contributed by atoms with Crippen LogP contribution in [0, 0.1) is 0 Å². The third kappa shape index (κ3) is 3.29. The fourth-order valence-electron chi connectivity index (χ4n) is 3.63. The summed E-state index contributed by atoms with van der Waals surface area (Å²) in [7, 11) is 1.66. The van der Waals surface area contributed by atoms with Gasteiger partial charge < -0.3 is 19.7 Å². The zero-order valence-corrected chi connectivity index (χ0v) is 16.2. The van der Waals surface area contributed by atoms with Gasteiger partial charge in [-0.2, -0.15) is 0 Å². The minimum Gasteiger partial charge on any atom is -0.496 e. The van der Waals surface area contributed by atoms with Crippen LogP contribution in [0.5, 0.6) is 5.75 Å². The normalized spacial score (nSPS) is 20.3. The number of carbonyl (C=O) groups is 1. The van der Waals surface area contributed by atoms with Gasteiger partial charge >= 0.3 is 0 Å². The number of rotatable bonds is 3. The van der Waals surface area contributed by atoms with Gasteiger partial charge in [0.1, 0.15) is 5.75 Å². The van der Waals surface area contributed by atoms with Crippen LogP contribution < -0.4 is 15.0 Å². The van der Waals surface area contributed by atoms with Crippen LogP contribution in [0.3, 0.4) is 0 Å². The number of nitrogens with one attached hydrogen (secondary N) is 1. The molecule has 1 atom stereocenters. The fraction of sp³-hybridized carbons (Fsp3) is 0.421. The second-order valence-electron chi connectivity index (χ2n) is 6.45. The first kappa shape index (κ1) is 17.6. The van der Waals surface area contributed by atoms with Crippen molar-refractivity contribution in [1.29, 1.82) is 0 Å². The first-order chi connectivity index (χ1) is 12.7. The highest BCUT2D eigenvalue weighted by atomic mass is 35.5. The van der Waals surface area contributed by atoms with E-state index in [-0.39, 0.29) is 11.8 Å². The Morgan fingerprint density at radius 1 is 1.27 bits per heavy atom. The molecule has 1 fully saturated rings. The summed E-state index contributed by atoms with van der Waals surface area (Å²) < 4.78 is 11.0. The first-order valence-corrected chi connectivity index (χ1v) is 9.95. The van der Waals surface area contributed by atoms with Gasteiger partial charge in [0.15, 0.2) is 0 Å². The van der Waals surface area contributed by atoms with E-state index in [1.54, 1.807) is 18.4 Å². The summed E-state index contributed by atoms with van der Waals surface area (Å²) in [5.41, 5.74) is 2.15. The predicted molar refractivity (Wildman–Crippen MR) is 104 cm³/mol. The Morgan fingerprint density at radius 3 is 2.85 bits per heavy atom. The Bertz CT molecular complexity index is 817. The van der Waals surface area contributed by atoms with Gasteiger partial charge in [-0.05, 0) is 30.2 Å². The number of thiophene rings is 1. The second-order valence-corrected chi connectivity index (χ2v) is 7.92. The van der Waals surface area contributed by atoms with Gasteiger partial charge in [0, 0.05) is 36.1 Å². The van der Waals surface area contributed by atoms with E-state index in [1.807, 2.05) is 18.2 Å². The molecule has 3 heterocycles. The lowest BCUT2D eigenvalue weighted by Gasteiger charge is -2.27. The van der Waals surface area contributed by atoms with E-state index in [9.17, 15) is 4.79 Å². The number of hydrogen-bond donors (Lipinski definition) is 1. The van der Waals surface area contributed by atoms with Crippen LogP contribution in [-0.2, 0) is 4.74 Å². The molecule has 1 saturated heterocycles. The molecule has 1 N–H and O–H groups in total. The van der Waals surface area contributed by atoms with Gasteiger partial charge in [-0.1, -0.05) is 17.7 Å². The van der Waals surface area contributed by atoms with Crippen molar-refractivity contribution >= 4 is 33.8 Å². The lowest BCUT2D eigenvalue weighted by molar-refractivity contribution is 0.0960. The number of carbonyl (C=O) groups excluding carboxylic acids is 1. The van der Waals surface area contributed by atoms with Crippen LogP contribution >= 0.6 is 22.9 Å². The largest absolute Gasteiger partial charge is 0.496 e. The van der Waals surface area contributed by atoms with Gasteiger partial charge in [0.05, 0.1) is 30.2 Å².